The highest BCUT2D eigenvalue weighted by molar-refractivity contribution is 5.47. The van der Waals surface area contributed by atoms with Crippen LogP contribution in [-0.4, -0.2) is 13.2 Å². The molecule has 1 fully saturated rings. The van der Waals surface area contributed by atoms with Crippen molar-refractivity contribution < 1.29 is 9.47 Å². The average molecular weight is 201 g/mol. The van der Waals surface area contributed by atoms with Crippen molar-refractivity contribution in [2.45, 2.75) is 24.5 Å². The first-order chi connectivity index (χ1) is 7.30. The summed E-state index contributed by atoms with van der Waals surface area (Å²) in [5.41, 5.74) is 2.13. The Kier molecular flexibility index (Phi) is 1.60. The zero-order valence-corrected chi connectivity index (χ0v) is 8.49. The molecule has 2 unspecified atom stereocenters. The summed E-state index contributed by atoms with van der Waals surface area (Å²) in [5.74, 6) is 0.835. The van der Waals surface area contributed by atoms with Crippen LogP contribution in [-0.2, 0) is 16.8 Å². The third-order valence-electron chi connectivity index (χ3n) is 3.35. The van der Waals surface area contributed by atoms with Crippen LogP contribution < -0.4 is 4.74 Å². The number of epoxide rings is 1. The first-order valence-electron chi connectivity index (χ1n) is 5.05. The summed E-state index contributed by atoms with van der Waals surface area (Å²) in [6, 6.07) is 8.22. The van der Waals surface area contributed by atoms with Crippen LogP contribution in [0.5, 0.6) is 5.75 Å². The van der Waals surface area contributed by atoms with E-state index in [-0.39, 0.29) is 11.7 Å². The van der Waals surface area contributed by atoms with Crippen molar-refractivity contribution in [2.75, 3.05) is 7.11 Å². The minimum absolute atomic E-state index is 0.258. The third kappa shape index (κ3) is 1.03. The van der Waals surface area contributed by atoms with Crippen LogP contribution in [0, 0.1) is 11.3 Å². The van der Waals surface area contributed by atoms with Gasteiger partial charge in [-0.15, -0.1) is 0 Å². The lowest BCUT2D eigenvalue weighted by molar-refractivity contribution is 0.301. The number of nitrogens with zero attached hydrogens (tertiary/aromatic N) is 1. The second-order valence-electron chi connectivity index (χ2n) is 4.04. The molecule has 3 rings (SSSR count). The van der Waals surface area contributed by atoms with Gasteiger partial charge in [0.1, 0.15) is 11.4 Å². The molecule has 0 saturated carbocycles. The number of hydrogen-bond acceptors (Lipinski definition) is 3. The standard InChI is InChI=1S/C12H11NO2/c1-14-9-3-2-8-4-5-12(10(8)6-9)11(7-13)15-12/h2-3,6,11H,4-5H2,1H3. The molecule has 3 nitrogen and oxygen atoms in total. The minimum atomic E-state index is -0.307. The first-order valence-corrected chi connectivity index (χ1v) is 5.05. The van der Waals surface area contributed by atoms with Crippen molar-refractivity contribution in [3.05, 3.63) is 29.3 Å². The van der Waals surface area contributed by atoms with Crippen LogP contribution in [0.2, 0.25) is 0 Å². The molecule has 0 amide bonds. The molecule has 0 bridgehead atoms. The zero-order valence-electron chi connectivity index (χ0n) is 8.49. The number of hydrogen-bond donors (Lipinski definition) is 0. The molecule has 0 radical (unpaired) electrons. The predicted octanol–water partition coefficient (Wildman–Crippen LogP) is 1.76. The largest absolute Gasteiger partial charge is 0.497 e. The number of rotatable bonds is 1. The second-order valence-corrected chi connectivity index (χ2v) is 4.04. The van der Waals surface area contributed by atoms with Crippen LogP contribution in [0.3, 0.4) is 0 Å². The Labute approximate surface area is 88.2 Å². The summed E-state index contributed by atoms with van der Waals surface area (Å²) in [4.78, 5) is 0. The smallest absolute Gasteiger partial charge is 0.178 e. The molecule has 0 N–H and O–H groups in total. The molecule has 1 spiro atoms. The van der Waals surface area contributed by atoms with Gasteiger partial charge in [0.25, 0.3) is 0 Å². The second kappa shape index (κ2) is 2.74. The fourth-order valence-corrected chi connectivity index (χ4v) is 2.45. The maximum Gasteiger partial charge on any atom is 0.178 e. The molecule has 2 aliphatic rings. The van der Waals surface area contributed by atoms with Crippen molar-refractivity contribution in [1.29, 1.82) is 5.26 Å². The number of fused-ring (bicyclic) bond motifs is 2. The average Bonchev–Trinajstić information content (AvgIpc) is 2.89. The molecule has 1 saturated heterocycles. The quantitative estimate of drug-likeness (QED) is 0.650. The molecular formula is C12H11NO2. The van der Waals surface area contributed by atoms with Gasteiger partial charge >= 0.3 is 0 Å². The van der Waals surface area contributed by atoms with Crippen molar-refractivity contribution in [1.82, 2.24) is 0 Å². The van der Waals surface area contributed by atoms with Crippen LogP contribution in [0.1, 0.15) is 17.5 Å². The summed E-state index contributed by atoms with van der Waals surface area (Å²) in [5, 5.41) is 8.88. The molecule has 1 heterocycles. The van der Waals surface area contributed by atoms with Gasteiger partial charge in [-0.25, -0.2) is 0 Å². The highest BCUT2D eigenvalue weighted by Crippen LogP contribution is 2.55. The summed E-state index contributed by atoms with van der Waals surface area (Å²) in [6.45, 7) is 0. The number of methoxy groups -OCH3 is 1. The highest BCUT2D eigenvalue weighted by atomic mass is 16.6. The van der Waals surface area contributed by atoms with E-state index < -0.39 is 0 Å². The molecule has 3 heteroatoms. The summed E-state index contributed by atoms with van der Waals surface area (Å²) in [7, 11) is 1.65. The van der Waals surface area contributed by atoms with E-state index >= 15 is 0 Å². The fourth-order valence-electron chi connectivity index (χ4n) is 2.45. The zero-order chi connectivity index (χ0) is 10.5. The van der Waals surface area contributed by atoms with Crippen molar-refractivity contribution in [3.63, 3.8) is 0 Å². The number of ether oxygens (including phenoxy) is 2. The molecule has 1 aromatic carbocycles. The van der Waals surface area contributed by atoms with E-state index in [0.29, 0.717) is 0 Å². The normalized spacial score (nSPS) is 31.1. The van der Waals surface area contributed by atoms with Gasteiger partial charge in [0, 0.05) is 0 Å². The fraction of sp³-hybridized carbons (Fsp3) is 0.417. The minimum Gasteiger partial charge on any atom is -0.497 e. The van der Waals surface area contributed by atoms with E-state index in [1.807, 2.05) is 12.1 Å². The summed E-state index contributed by atoms with van der Waals surface area (Å²) >= 11 is 0. The van der Waals surface area contributed by atoms with E-state index in [1.54, 1.807) is 7.11 Å². The SMILES string of the molecule is COc1ccc2c(c1)C1(CC2)OC1C#N. The van der Waals surface area contributed by atoms with E-state index in [1.165, 1.54) is 5.56 Å². The van der Waals surface area contributed by atoms with Gasteiger partial charge in [-0.2, -0.15) is 5.26 Å². The molecule has 1 aliphatic heterocycles. The van der Waals surface area contributed by atoms with Crippen LogP contribution in [0.25, 0.3) is 0 Å². The van der Waals surface area contributed by atoms with Gasteiger partial charge in [-0.1, -0.05) is 6.07 Å². The maximum absolute atomic E-state index is 8.88. The predicted molar refractivity (Wildman–Crippen MR) is 53.5 cm³/mol. The van der Waals surface area contributed by atoms with Gasteiger partial charge in [-0.3, -0.25) is 0 Å². The van der Waals surface area contributed by atoms with E-state index in [2.05, 4.69) is 12.1 Å². The van der Waals surface area contributed by atoms with Gasteiger partial charge in [0.05, 0.1) is 13.2 Å². The molecular weight excluding hydrogens is 190 g/mol. The Morgan fingerprint density at radius 2 is 2.47 bits per heavy atom. The first kappa shape index (κ1) is 8.75. The lowest BCUT2D eigenvalue weighted by Gasteiger charge is -2.06. The lowest BCUT2D eigenvalue weighted by atomic mass is 9.98. The Hall–Kier alpha value is -1.53. The Morgan fingerprint density at radius 3 is 3.13 bits per heavy atom. The molecule has 15 heavy (non-hydrogen) atoms. The van der Waals surface area contributed by atoms with Crippen molar-refractivity contribution in [2.24, 2.45) is 0 Å². The third-order valence-corrected chi connectivity index (χ3v) is 3.35. The Balaban J connectivity index is 2.07. The van der Waals surface area contributed by atoms with Gasteiger partial charge in [0.15, 0.2) is 6.10 Å². The monoisotopic (exact) mass is 201 g/mol. The van der Waals surface area contributed by atoms with Gasteiger partial charge < -0.3 is 9.47 Å². The molecule has 0 aromatic heterocycles. The van der Waals surface area contributed by atoms with Crippen LogP contribution in [0.4, 0.5) is 0 Å². The molecule has 2 atom stereocenters. The van der Waals surface area contributed by atoms with E-state index in [4.69, 9.17) is 14.7 Å². The van der Waals surface area contributed by atoms with Gasteiger partial charge in [0.2, 0.25) is 0 Å². The number of nitriles is 1. The molecule has 1 aromatic rings. The van der Waals surface area contributed by atoms with E-state index in [0.717, 1.165) is 24.2 Å². The number of aryl methyl sites for hydroxylation is 1. The summed E-state index contributed by atoms with van der Waals surface area (Å²) in [6.07, 6.45) is 1.66. The maximum atomic E-state index is 8.88. The molecule has 76 valence electrons. The van der Waals surface area contributed by atoms with Gasteiger partial charge in [-0.05, 0) is 36.1 Å². The van der Waals surface area contributed by atoms with Crippen molar-refractivity contribution >= 4 is 0 Å². The summed E-state index contributed by atoms with van der Waals surface area (Å²) < 4.78 is 10.7. The Morgan fingerprint density at radius 1 is 1.60 bits per heavy atom. The highest BCUT2D eigenvalue weighted by Gasteiger charge is 2.61. The Bertz CT molecular complexity index is 463. The van der Waals surface area contributed by atoms with Crippen LogP contribution >= 0.6 is 0 Å². The topological polar surface area (TPSA) is 45.5 Å². The number of benzene rings is 1. The van der Waals surface area contributed by atoms with Crippen LogP contribution in [0.15, 0.2) is 18.2 Å². The van der Waals surface area contributed by atoms with Crippen molar-refractivity contribution in [3.8, 4) is 11.8 Å². The van der Waals surface area contributed by atoms with E-state index in [9.17, 15) is 0 Å². The molecule has 1 aliphatic carbocycles. The lowest BCUT2D eigenvalue weighted by Crippen LogP contribution is -2.07.